The summed E-state index contributed by atoms with van der Waals surface area (Å²) in [7, 11) is 0. The number of nitrogens with zero attached hydrogens (tertiary/aromatic N) is 1. The van der Waals surface area contributed by atoms with Crippen molar-refractivity contribution < 1.29 is 9.72 Å². The molecule has 1 aromatic rings. The number of amides is 1. The third kappa shape index (κ3) is 3.21. The van der Waals surface area contributed by atoms with Crippen LogP contribution in [0.3, 0.4) is 0 Å². The first-order valence-corrected chi connectivity index (χ1v) is 7.11. The lowest BCUT2D eigenvalue weighted by Gasteiger charge is -2.32. The highest BCUT2D eigenvalue weighted by atomic mass is 16.6. The molecule has 0 aromatic heterocycles. The van der Waals surface area contributed by atoms with E-state index in [1.165, 1.54) is 6.07 Å². The van der Waals surface area contributed by atoms with Crippen LogP contribution in [0.4, 0.5) is 11.4 Å². The summed E-state index contributed by atoms with van der Waals surface area (Å²) in [6, 6.07) is 3.18. The van der Waals surface area contributed by atoms with Crippen molar-refractivity contribution in [1.29, 1.82) is 0 Å². The first kappa shape index (κ1) is 15.4. The van der Waals surface area contributed by atoms with Crippen LogP contribution in [-0.2, 0) is 4.79 Å². The second-order valence-corrected chi connectivity index (χ2v) is 6.01. The molecule has 6 heteroatoms. The van der Waals surface area contributed by atoms with E-state index in [9.17, 15) is 14.9 Å². The molecule has 1 aromatic carbocycles. The van der Waals surface area contributed by atoms with Gasteiger partial charge in [0.15, 0.2) is 0 Å². The van der Waals surface area contributed by atoms with Crippen LogP contribution in [-0.4, -0.2) is 23.9 Å². The van der Waals surface area contributed by atoms with Crippen molar-refractivity contribution in [2.45, 2.75) is 33.6 Å². The van der Waals surface area contributed by atoms with Gasteiger partial charge in [-0.3, -0.25) is 14.9 Å². The molecular weight excluding hydrogens is 270 g/mol. The van der Waals surface area contributed by atoms with Gasteiger partial charge in [-0.25, -0.2) is 0 Å². The maximum Gasteiger partial charge on any atom is 0.272 e. The molecule has 21 heavy (non-hydrogen) atoms. The highest BCUT2D eigenvalue weighted by Crippen LogP contribution is 2.30. The lowest BCUT2D eigenvalue weighted by atomic mass is 9.82. The molecule has 0 saturated carbocycles. The molecule has 1 aliphatic rings. The standard InChI is InChI=1S/C15H21N3O3/c1-10-8-13(18(20)21)11(2)7-12(10)17-14(19)15(3)5-4-6-16-9-15/h7-8,16H,4-6,9H2,1-3H3,(H,17,19). The summed E-state index contributed by atoms with van der Waals surface area (Å²) < 4.78 is 0. The van der Waals surface area contributed by atoms with Crippen molar-refractivity contribution >= 4 is 17.3 Å². The Morgan fingerprint density at radius 3 is 2.67 bits per heavy atom. The van der Waals surface area contributed by atoms with Gasteiger partial charge in [0, 0.05) is 23.9 Å². The quantitative estimate of drug-likeness (QED) is 0.662. The second-order valence-electron chi connectivity index (χ2n) is 6.01. The molecule has 0 aliphatic carbocycles. The summed E-state index contributed by atoms with van der Waals surface area (Å²) in [6.45, 7) is 6.99. The number of aryl methyl sites for hydroxylation is 2. The third-order valence-electron chi connectivity index (χ3n) is 4.13. The summed E-state index contributed by atoms with van der Waals surface area (Å²) in [4.78, 5) is 23.0. The summed E-state index contributed by atoms with van der Waals surface area (Å²) in [5.41, 5.74) is 1.55. The number of carbonyl (C=O) groups excluding carboxylic acids is 1. The Morgan fingerprint density at radius 1 is 1.38 bits per heavy atom. The number of nitrogens with one attached hydrogen (secondary N) is 2. The Balaban J connectivity index is 2.21. The van der Waals surface area contributed by atoms with Gasteiger partial charge in [0.2, 0.25) is 5.91 Å². The number of hydrogen-bond donors (Lipinski definition) is 2. The van der Waals surface area contributed by atoms with E-state index in [2.05, 4.69) is 10.6 Å². The summed E-state index contributed by atoms with van der Waals surface area (Å²) in [6.07, 6.45) is 1.82. The van der Waals surface area contributed by atoms with Gasteiger partial charge in [-0.15, -0.1) is 0 Å². The zero-order valence-electron chi connectivity index (χ0n) is 12.7. The highest BCUT2D eigenvalue weighted by molar-refractivity contribution is 5.96. The van der Waals surface area contributed by atoms with Crippen LogP contribution in [0.5, 0.6) is 0 Å². The van der Waals surface area contributed by atoms with Crippen LogP contribution in [0.15, 0.2) is 12.1 Å². The number of nitro groups is 1. The molecule has 1 atom stereocenters. The zero-order valence-corrected chi connectivity index (χ0v) is 12.7. The SMILES string of the molecule is Cc1cc([N+](=O)[O-])c(C)cc1NC(=O)C1(C)CCCNC1. The van der Waals surface area contributed by atoms with Crippen LogP contribution < -0.4 is 10.6 Å². The molecular formula is C15H21N3O3. The van der Waals surface area contributed by atoms with Gasteiger partial charge in [-0.2, -0.15) is 0 Å². The molecule has 2 rings (SSSR count). The van der Waals surface area contributed by atoms with Crippen LogP contribution in [0, 0.1) is 29.4 Å². The number of piperidine rings is 1. The first-order chi connectivity index (χ1) is 9.83. The molecule has 2 N–H and O–H groups in total. The fourth-order valence-corrected chi connectivity index (χ4v) is 2.66. The first-order valence-electron chi connectivity index (χ1n) is 7.11. The van der Waals surface area contributed by atoms with E-state index in [-0.39, 0.29) is 11.6 Å². The van der Waals surface area contributed by atoms with Gasteiger partial charge in [0.1, 0.15) is 0 Å². The zero-order chi connectivity index (χ0) is 15.6. The van der Waals surface area contributed by atoms with Crippen LogP contribution in [0.2, 0.25) is 0 Å². The fourth-order valence-electron chi connectivity index (χ4n) is 2.66. The molecule has 1 saturated heterocycles. The molecule has 1 unspecified atom stereocenters. The third-order valence-corrected chi connectivity index (χ3v) is 4.13. The molecule has 0 bridgehead atoms. The summed E-state index contributed by atoms with van der Waals surface area (Å²) in [5.74, 6) is -0.0361. The predicted molar refractivity (Wildman–Crippen MR) is 81.4 cm³/mol. The second kappa shape index (κ2) is 5.81. The van der Waals surface area contributed by atoms with E-state index in [4.69, 9.17) is 0 Å². The molecule has 114 valence electrons. The van der Waals surface area contributed by atoms with E-state index in [0.29, 0.717) is 23.4 Å². The Hall–Kier alpha value is -1.95. The van der Waals surface area contributed by atoms with Crippen LogP contribution in [0.1, 0.15) is 30.9 Å². The molecule has 1 aliphatic heterocycles. The number of carbonyl (C=O) groups is 1. The molecule has 1 amide bonds. The van der Waals surface area contributed by atoms with E-state index < -0.39 is 10.3 Å². The van der Waals surface area contributed by atoms with Gasteiger partial charge in [-0.1, -0.05) is 0 Å². The minimum atomic E-state index is -0.430. The topological polar surface area (TPSA) is 84.3 Å². The van der Waals surface area contributed by atoms with Crippen LogP contribution >= 0.6 is 0 Å². The van der Waals surface area contributed by atoms with Gasteiger partial charge in [-0.05, 0) is 51.8 Å². The number of benzene rings is 1. The largest absolute Gasteiger partial charge is 0.325 e. The summed E-state index contributed by atoms with van der Waals surface area (Å²) in [5, 5.41) is 17.1. The molecule has 0 radical (unpaired) electrons. The Kier molecular flexibility index (Phi) is 4.27. The van der Waals surface area contributed by atoms with Crippen molar-refractivity contribution in [1.82, 2.24) is 5.32 Å². The van der Waals surface area contributed by atoms with Crippen LogP contribution in [0.25, 0.3) is 0 Å². The van der Waals surface area contributed by atoms with Gasteiger partial charge >= 0.3 is 0 Å². The molecule has 1 heterocycles. The average molecular weight is 291 g/mol. The van der Waals surface area contributed by atoms with E-state index in [0.717, 1.165) is 19.4 Å². The van der Waals surface area contributed by atoms with Gasteiger partial charge in [0.05, 0.1) is 10.3 Å². The van der Waals surface area contributed by atoms with Crippen molar-refractivity contribution in [3.8, 4) is 0 Å². The normalized spacial score (nSPS) is 21.9. The molecule has 1 fully saturated rings. The van der Waals surface area contributed by atoms with E-state index >= 15 is 0 Å². The lowest BCUT2D eigenvalue weighted by Crippen LogP contribution is -2.46. The Labute approximate surface area is 124 Å². The number of rotatable bonds is 3. The smallest absolute Gasteiger partial charge is 0.272 e. The lowest BCUT2D eigenvalue weighted by molar-refractivity contribution is -0.385. The van der Waals surface area contributed by atoms with Crippen molar-refractivity contribution in [2.75, 3.05) is 18.4 Å². The van der Waals surface area contributed by atoms with Crippen molar-refractivity contribution in [2.24, 2.45) is 5.41 Å². The van der Waals surface area contributed by atoms with Gasteiger partial charge in [0.25, 0.3) is 5.69 Å². The molecule has 6 nitrogen and oxygen atoms in total. The minimum Gasteiger partial charge on any atom is -0.325 e. The maximum absolute atomic E-state index is 12.5. The number of nitro benzene ring substituents is 1. The fraction of sp³-hybridized carbons (Fsp3) is 0.533. The van der Waals surface area contributed by atoms with Crippen molar-refractivity contribution in [3.05, 3.63) is 33.4 Å². The average Bonchev–Trinajstić information content (AvgIpc) is 2.43. The summed E-state index contributed by atoms with van der Waals surface area (Å²) >= 11 is 0. The minimum absolute atomic E-state index is 0.0361. The number of anilines is 1. The highest BCUT2D eigenvalue weighted by Gasteiger charge is 2.34. The monoisotopic (exact) mass is 291 g/mol. The maximum atomic E-state index is 12.5. The molecule has 0 spiro atoms. The van der Waals surface area contributed by atoms with Crippen molar-refractivity contribution in [3.63, 3.8) is 0 Å². The Morgan fingerprint density at radius 2 is 2.10 bits per heavy atom. The number of hydrogen-bond acceptors (Lipinski definition) is 4. The van der Waals surface area contributed by atoms with E-state index in [1.54, 1.807) is 19.9 Å². The Bertz CT molecular complexity index is 578. The van der Waals surface area contributed by atoms with E-state index in [1.807, 2.05) is 6.92 Å². The van der Waals surface area contributed by atoms with Gasteiger partial charge < -0.3 is 10.6 Å². The predicted octanol–water partition coefficient (Wildman–Crippen LogP) is 2.54.